The summed E-state index contributed by atoms with van der Waals surface area (Å²) >= 11 is 5.92. The molecule has 0 aliphatic carbocycles. The van der Waals surface area contributed by atoms with E-state index in [9.17, 15) is 13.2 Å². The first-order chi connectivity index (χ1) is 7.66. The van der Waals surface area contributed by atoms with Gasteiger partial charge in [0.15, 0.2) is 9.84 Å². The third kappa shape index (κ3) is 2.70. The Balaban J connectivity index is 3.69. The van der Waals surface area contributed by atoms with Gasteiger partial charge in [-0.15, -0.1) is 0 Å². The van der Waals surface area contributed by atoms with E-state index in [0.29, 0.717) is 0 Å². The minimum Gasteiger partial charge on any atom is -0.478 e. The zero-order chi connectivity index (χ0) is 13.4. The Bertz CT molecular complexity index is 566. The molecule has 94 valence electrons. The summed E-state index contributed by atoms with van der Waals surface area (Å²) in [6, 6.07) is 2.44. The van der Waals surface area contributed by atoms with E-state index in [2.05, 4.69) is 0 Å². The fourth-order valence-corrected chi connectivity index (χ4v) is 2.85. The van der Waals surface area contributed by atoms with Gasteiger partial charge in [0.25, 0.3) is 0 Å². The Morgan fingerprint density at radius 3 is 2.24 bits per heavy atom. The van der Waals surface area contributed by atoms with Crippen LogP contribution in [0.5, 0.6) is 0 Å². The highest BCUT2D eigenvalue weighted by Crippen LogP contribution is 2.34. The smallest absolute Gasteiger partial charge is 0.337 e. The van der Waals surface area contributed by atoms with Crippen molar-refractivity contribution in [2.24, 2.45) is 0 Å². The molecule has 0 atom stereocenters. The molecule has 17 heavy (non-hydrogen) atoms. The van der Waals surface area contributed by atoms with Gasteiger partial charge >= 0.3 is 5.97 Å². The number of carboxylic acid groups (broad SMARTS) is 1. The molecule has 0 saturated carbocycles. The molecule has 0 aliphatic heterocycles. The van der Waals surface area contributed by atoms with E-state index >= 15 is 0 Å². The molecule has 5 nitrogen and oxygen atoms in total. The van der Waals surface area contributed by atoms with E-state index in [1.807, 2.05) is 0 Å². The van der Waals surface area contributed by atoms with Crippen LogP contribution < -0.4 is 4.90 Å². The number of halogens is 1. The summed E-state index contributed by atoms with van der Waals surface area (Å²) in [5.41, 5.74) is 0.0665. The molecule has 0 aliphatic rings. The monoisotopic (exact) mass is 277 g/mol. The van der Waals surface area contributed by atoms with Crippen LogP contribution in [-0.4, -0.2) is 39.8 Å². The van der Waals surface area contributed by atoms with Gasteiger partial charge in [0.1, 0.15) is 0 Å². The molecule has 0 amide bonds. The van der Waals surface area contributed by atoms with Gasteiger partial charge < -0.3 is 10.0 Å². The maximum Gasteiger partial charge on any atom is 0.337 e. The van der Waals surface area contributed by atoms with Gasteiger partial charge in [-0.05, 0) is 12.1 Å². The highest BCUT2D eigenvalue weighted by molar-refractivity contribution is 7.90. The van der Waals surface area contributed by atoms with Crippen LogP contribution in [0.3, 0.4) is 0 Å². The number of carboxylic acids is 1. The fourth-order valence-electron chi connectivity index (χ4n) is 1.43. The number of rotatable bonds is 3. The molecule has 0 fully saturated rings. The van der Waals surface area contributed by atoms with Crippen molar-refractivity contribution in [2.45, 2.75) is 4.90 Å². The number of benzene rings is 1. The third-order valence-electron chi connectivity index (χ3n) is 2.16. The summed E-state index contributed by atoms with van der Waals surface area (Å²) in [7, 11) is -0.265. The minimum absolute atomic E-state index is 0.0116. The number of nitrogens with zero attached hydrogens (tertiary/aromatic N) is 1. The molecule has 0 heterocycles. The van der Waals surface area contributed by atoms with Crippen molar-refractivity contribution in [3.63, 3.8) is 0 Å². The number of hydrogen-bond acceptors (Lipinski definition) is 4. The first-order valence-corrected chi connectivity index (χ1v) is 6.86. The standard InChI is InChI=1S/C10H12ClNO4S/c1-12(2)9-7(17(3,15)16)5-4-6(8(9)11)10(13)14/h4-5H,1-3H3,(H,13,14). The van der Waals surface area contributed by atoms with Crippen LogP contribution in [0.15, 0.2) is 17.0 Å². The Morgan fingerprint density at radius 1 is 1.35 bits per heavy atom. The van der Waals surface area contributed by atoms with E-state index in [4.69, 9.17) is 16.7 Å². The zero-order valence-electron chi connectivity index (χ0n) is 9.56. The van der Waals surface area contributed by atoms with Crippen molar-refractivity contribution in [3.05, 3.63) is 22.7 Å². The summed E-state index contributed by atoms with van der Waals surface area (Å²) in [5.74, 6) is -1.20. The van der Waals surface area contributed by atoms with Crippen LogP contribution in [0, 0.1) is 0 Å². The number of hydrogen-bond donors (Lipinski definition) is 1. The Labute approximate surface area is 105 Å². The lowest BCUT2D eigenvalue weighted by atomic mass is 10.2. The van der Waals surface area contributed by atoms with Crippen LogP contribution in [-0.2, 0) is 9.84 Å². The number of aromatic carboxylic acids is 1. The lowest BCUT2D eigenvalue weighted by Crippen LogP contribution is -2.15. The average molecular weight is 278 g/mol. The van der Waals surface area contributed by atoms with Gasteiger partial charge in [0, 0.05) is 20.4 Å². The summed E-state index contributed by atoms with van der Waals surface area (Å²) in [6.45, 7) is 0. The predicted octanol–water partition coefficient (Wildman–Crippen LogP) is 1.51. The van der Waals surface area contributed by atoms with E-state index < -0.39 is 15.8 Å². The van der Waals surface area contributed by atoms with Gasteiger partial charge in [0.2, 0.25) is 0 Å². The lowest BCUT2D eigenvalue weighted by molar-refractivity contribution is 0.0697. The van der Waals surface area contributed by atoms with E-state index in [1.54, 1.807) is 14.1 Å². The molecule has 0 aromatic heterocycles. The Morgan fingerprint density at radius 2 is 1.88 bits per heavy atom. The van der Waals surface area contributed by atoms with Crippen molar-refractivity contribution >= 4 is 33.1 Å². The van der Waals surface area contributed by atoms with Crippen molar-refractivity contribution in [1.82, 2.24) is 0 Å². The van der Waals surface area contributed by atoms with Crippen molar-refractivity contribution < 1.29 is 18.3 Å². The number of sulfone groups is 1. The molecule has 0 saturated heterocycles. The van der Waals surface area contributed by atoms with Crippen LogP contribution in [0.4, 0.5) is 5.69 Å². The van der Waals surface area contributed by atoms with Crippen LogP contribution in [0.2, 0.25) is 5.02 Å². The largest absolute Gasteiger partial charge is 0.478 e. The second-order valence-corrected chi connectivity index (χ2v) is 6.11. The summed E-state index contributed by atoms with van der Waals surface area (Å²) in [4.78, 5) is 12.4. The molecule has 1 aromatic rings. The predicted molar refractivity (Wildman–Crippen MR) is 65.8 cm³/mol. The topological polar surface area (TPSA) is 74.7 Å². The normalized spacial score (nSPS) is 11.3. The number of anilines is 1. The molecule has 0 unspecified atom stereocenters. The highest BCUT2D eigenvalue weighted by Gasteiger charge is 2.22. The van der Waals surface area contributed by atoms with Crippen molar-refractivity contribution in [3.8, 4) is 0 Å². The van der Waals surface area contributed by atoms with E-state index in [-0.39, 0.29) is 21.2 Å². The summed E-state index contributed by atoms with van der Waals surface area (Å²) in [6.07, 6.45) is 1.05. The second-order valence-electron chi connectivity index (χ2n) is 3.75. The molecule has 0 radical (unpaired) electrons. The minimum atomic E-state index is -3.46. The first-order valence-electron chi connectivity index (χ1n) is 4.59. The molecule has 1 rings (SSSR count). The van der Waals surface area contributed by atoms with Gasteiger partial charge in [-0.3, -0.25) is 0 Å². The maximum atomic E-state index is 11.6. The maximum absolute atomic E-state index is 11.6. The van der Waals surface area contributed by atoms with Crippen molar-refractivity contribution in [1.29, 1.82) is 0 Å². The first kappa shape index (κ1) is 13.8. The number of carbonyl (C=O) groups is 1. The van der Waals surface area contributed by atoms with Gasteiger partial charge in [-0.2, -0.15) is 0 Å². The van der Waals surface area contributed by atoms with Crippen molar-refractivity contribution in [2.75, 3.05) is 25.3 Å². The summed E-state index contributed by atoms with van der Waals surface area (Å²) < 4.78 is 23.1. The molecule has 0 bridgehead atoms. The molecule has 1 N–H and O–H groups in total. The Kier molecular flexibility index (Phi) is 3.68. The van der Waals surface area contributed by atoms with Crippen LogP contribution in [0.25, 0.3) is 0 Å². The zero-order valence-corrected chi connectivity index (χ0v) is 11.1. The molecule has 1 aromatic carbocycles. The lowest BCUT2D eigenvalue weighted by Gasteiger charge is -2.19. The quantitative estimate of drug-likeness (QED) is 0.906. The summed E-state index contributed by atoms with van der Waals surface area (Å²) in [5, 5.41) is 8.83. The third-order valence-corrected chi connectivity index (χ3v) is 3.67. The van der Waals surface area contributed by atoms with Gasteiger partial charge in [-0.25, -0.2) is 13.2 Å². The molecular formula is C10H12ClNO4S. The second kappa shape index (κ2) is 4.54. The molecule has 0 spiro atoms. The van der Waals surface area contributed by atoms with Crippen LogP contribution in [0.1, 0.15) is 10.4 Å². The fraction of sp³-hybridized carbons (Fsp3) is 0.300. The van der Waals surface area contributed by atoms with E-state index in [1.165, 1.54) is 17.0 Å². The molecular weight excluding hydrogens is 266 g/mol. The van der Waals surface area contributed by atoms with Crippen LogP contribution >= 0.6 is 11.6 Å². The van der Waals surface area contributed by atoms with E-state index in [0.717, 1.165) is 6.26 Å². The molecule has 7 heteroatoms. The SMILES string of the molecule is CN(C)c1c(S(C)(=O)=O)ccc(C(=O)O)c1Cl. The van der Waals surface area contributed by atoms with Gasteiger partial charge in [-0.1, -0.05) is 11.6 Å². The average Bonchev–Trinajstić information content (AvgIpc) is 2.14. The highest BCUT2D eigenvalue weighted by atomic mass is 35.5. The Hall–Kier alpha value is -1.27. The van der Waals surface area contributed by atoms with Gasteiger partial charge in [0.05, 0.1) is 21.2 Å².